The molecule has 0 spiro atoms. The SMILES string of the molecule is COC(=O)C1CCCc2nc(-c3ccc(O)cc3)nn21. The summed E-state index contributed by atoms with van der Waals surface area (Å²) in [5.74, 6) is 1.28. The Kier molecular flexibility index (Phi) is 3.14. The summed E-state index contributed by atoms with van der Waals surface area (Å²) in [6.07, 6.45) is 2.42. The Balaban J connectivity index is 1.99. The molecule has 0 radical (unpaired) electrons. The molecule has 6 nitrogen and oxygen atoms in total. The highest BCUT2D eigenvalue weighted by molar-refractivity contribution is 5.74. The maximum absolute atomic E-state index is 11.8. The summed E-state index contributed by atoms with van der Waals surface area (Å²) in [7, 11) is 1.38. The highest BCUT2D eigenvalue weighted by atomic mass is 16.5. The number of ether oxygens (including phenoxy) is 1. The van der Waals surface area contributed by atoms with Gasteiger partial charge in [-0.25, -0.2) is 14.5 Å². The van der Waals surface area contributed by atoms with Gasteiger partial charge in [0.1, 0.15) is 11.6 Å². The lowest BCUT2D eigenvalue weighted by Gasteiger charge is -2.20. The topological polar surface area (TPSA) is 77.2 Å². The molecule has 0 amide bonds. The smallest absolute Gasteiger partial charge is 0.330 e. The van der Waals surface area contributed by atoms with E-state index in [1.165, 1.54) is 7.11 Å². The maximum atomic E-state index is 11.8. The van der Waals surface area contributed by atoms with E-state index in [0.717, 1.165) is 30.7 Å². The van der Waals surface area contributed by atoms with Crippen LogP contribution < -0.4 is 0 Å². The Labute approximate surface area is 116 Å². The minimum Gasteiger partial charge on any atom is -0.508 e. The molecule has 0 bridgehead atoms. The molecule has 6 heteroatoms. The summed E-state index contributed by atoms with van der Waals surface area (Å²) in [5, 5.41) is 13.7. The van der Waals surface area contributed by atoms with Gasteiger partial charge in [0, 0.05) is 12.0 Å². The van der Waals surface area contributed by atoms with Crippen LogP contribution in [0.2, 0.25) is 0 Å². The van der Waals surface area contributed by atoms with E-state index in [2.05, 4.69) is 10.1 Å². The van der Waals surface area contributed by atoms with Gasteiger partial charge in [-0.2, -0.15) is 0 Å². The van der Waals surface area contributed by atoms with Crippen LogP contribution in [-0.4, -0.2) is 33.0 Å². The second-order valence-corrected chi connectivity index (χ2v) is 4.77. The van der Waals surface area contributed by atoms with Crippen molar-refractivity contribution in [3.05, 3.63) is 30.1 Å². The lowest BCUT2D eigenvalue weighted by molar-refractivity contribution is -0.145. The van der Waals surface area contributed by atoms with E-state index in [9.17, 15) is 9.90 Å². The molecule has 1 atom stereocenters. The maximum Gasteiger partial charge on any atom is 0.330 e. The lowest BCUT2D eigenvalue weighted by Crippen LogP contribution is -2.27. The number of aromatic nitrogens is 3. The largest absolute Gasteiger partial charge is 0.508 e. The van der Waals surface area contributed by atoms with Crippen LogP contribution >= 0.6 is 0 Å². The summed E-state index contributed by atoms with van der Waals surface area (Å²) in [6.45, 7) is 0. The minimum absolute atomic E-state index is 0.199. The van der Waals surface area contributed by atoms with E-state index in [-0.39, 0.29) is 17.8 Å². The average Bonchev–Trinajstić information content (AvgIpc) is 2.91. The van der Waals surface area contributed by atoms with Crippen LogP contribution in [0.1, 0.15) is 24.7 Å². The van der Waals surface area contributed by atoms with Gasteiger partial charge in [-0.05, 0) is 37.1 Å². The van der Waals surface area contributed by atoms with Crippen molar-refractivity contribution in [3.63, 3.8) is 0 Å². The van der Waals surface area contributed by atoms with E-state index < -0.39 is 0 Å². The fraction of sp³-hybridized carbons (Fsp3) is 0.357. The number of fused-ring (bicyclic) bond motifs is 1. The molecule has 1 aromatic heterocycles. The molecular formula is C14H15N3O3. The lowest BCUT2D eigenvalue weighted by atomic mass is 10.1. The third kappa shape index (κ3) is 2.13. The highest BCUT2D eigenvalue weighted by Gasteiger charge is 2.29. The number of hydrogen-bond donors (Lipinski definition) is 1. The summed E-state index contributed by atoms with van der Waals surface area (Å²) in [4.78, 5) is 16.3. The van der Waals surface area contributed by atoms with Gasteiger partial charge >= 0.3 is 5.97 Å². The van der Waals surface area contributed by atoms with Crippen molar-refractivity contribution in [1.82, 2.24) is 14.8 Å². The first-order valence-electron chi connectivity index (χ1n) is 6.51. The number of hydrogen-bond acceptors (Lipinski definition) is 5. The van der Waals surface area contributed by atoms with Gasteiger partial charge in [-0.1, -0.05) is 0 Å². The summed E-state index contributed by atoms with van der Waals surface area (Å²) in [5.41, 5.74) is 0.813. The van der Waals surface area contributed by atoms with Gasteiger partial charge in [0.15, 0.2) is 11.9 Å². The Bertz CT molecular complexity index is 634. The zero-order valence-electron chi connectivity index (χ0n) is 11.1. The Hall–Kier alpha value is -2.37. The normalized spacial score (nSPS) is 17.6. The predicted molar refractivity (Wildman–Crippen MR) is 71.1 cm³/mol. The minimum atomic E-state index is -0.387. The number of benzene rings is 1. The number of carbonyl (C=O) groups is 1. The van der Waals surface area contributed by atoms with Crippen LogP contribution in [-0.2, 0) is 16.0 Å². The van der Waals surface area contributed by atoms with E-state index in [1.54, 1.807) is 28.9 Å². The average molecular weight is 273 g/mol. The number of nitrogens with zero attached hydrogens (tertiary/aromatic N) is 3. The first-order valence-corrected chi connectivity index (χ1v) is 6.51. The summed E-state index contributed by atoms with van der Waals surface area (Å²) >= 11 is 0. The molecule has 1 unspecified atom stereocenters. The van der Waals surface area contributed by atoms with Gasteiger partial charge in [-0.3, -0.25) is 0 Å². The van der Waals surface area contributed by atoms with E-state index in [1.807, 2.05) is 0 Å². The monoisotopic (exact) mass is 273 g/mol. The molecule has 0 aliphatic carbocycles. The Morgan fingerprint density at radius 2 is 2.15 bits per heavy atom. The zero-order valence-corrected chi connectivity index (χ0v) is 11.1. The molecule has 1 aliphatic heterocycles. The third-order valence-corrected chi connectivity index (χ3v) is 3.47. The van der Waals surface area contributed by atoms with E-state index >= 15 is 0 Å². The Morgan fingerprint density at radius 3 is 2.85 bits per heavy atom. The first-order chi connectivity index (χ1) is 9.69. The molecule has 2 heterocycles. The van der Waals surface area contributed by atoms with Crippen LogP contribution in [0.4, 0.5) is 0 Å². The van der Waals surface area contributed by atoms with Gasteiger partial charge in [-0.15, -0.1) is 5.10 Å². The Morgan fingerprint density at radius 1 is 1.40 bits per heavy atom. The van der Waals surface area contributed by atoms with Crippen LogP contribution in [0.3, 0.4) is 0 Å². The molecule has 0 fully saturated rings. The molecule has 20 heavy (non-hydrogen) atoms. The van der Waals surface area contributed by atoms with Crippen LogP contribution in [0.15, 0.2) is 24.3 Å². The number of phenols is 1. The van der Waals surface area contributed by atoms with Crippen molar-refractivity contribution in [3.8, 4) is 17.1 Å². The molecule has 3 rings (SSSR count). The molecule has 0 saturated heterocycles. The summed E-state index contributed by atoms with van der Waals surface area (Å²) in [6, 6.07) is 6.30. The summed E-state index contributed by atoms with van der Waals surface area (Å²) < 4.78 is 6.48. The van der Waals surface area contributed by atoms with Gasteiger partial charge in [0.2, 0.25) is 0 Å². The van der Waals surface area contributed by atoms with Crippen LogP contribution in [0, 0.1) is 0 Å². The standard InChI is InChI=1S/C14H15N3O3/c1-20-14(19)11-3-2-4-12-15-13(16-17(11)12)9-5-7-10(18)8-6-9/h5-8,11,18H,2-4H2,1H3. The number of esters is 1. The highest BCUT2D eigenvalue weighted by Crippen LogP contribution is 2.27. The second kappa shape index (κ2) is 4.96. The molecule has 1 aromatic carbocycles. The fourth-order valence-electron chi connectivity index (χ4n) is 2.44. The number of aryl methyl sites for hydroxylation is 1. The molecule has 1 aliphatic rings. The van der Waals surface area contributed by atoms with Crippen molar-refractivity contribution in [2.24, 2.45) is 0 Å². The van der Waals surface area contributed by atoms with Crippen molar-refractivity contribution < 1.29 is 14.6 Å². The fourth-order valence-corrected chi connectivity index (χ4v) is 2.44. The number of phenolic OH excluding ortho intramolecular Hbond substituents is 1. The van der Waals surface area contributed by atoms with Crippen molar-refractivity contribution in [2.75, 3.05) is 7.11 Å². The molecule has 2 aromatic rings. The molecule has 0 saturated carbocycles. The van der Waals surface area contributed by atoms with Gasteiger partial charge < -0.3 is 9.84 Å². The van der Waals surface area contributed by atoms with Crippen molar-refractivity contribution >= 4 is 5.97 Å². The second-order valence-electron chi connectivity index (χ2n) is 4.77. The number of carbonyl (C=O) groups excluding carboxylic acids is 1. The van der Waals surface area contributed by atoms with Crippen molar-refractivity contribution in [1.29, 1.82) is 0 Å². The molecule has 104 valence electrons. The van der Waals surface area contributed by atoms with E-state index in [0.29, 0.717) is 5.82 Å². The molecular weight excluding hydrogens is 258 g/mol. The third-order valence-electron chi connectivity index (χ3n) is 3.47. The van der Waals surface area contributed by atoms with Crippen LogP contribution in [0.5, 0.6) is 5.75 Å². The number of rotatable bonds is 2. The first kappa shape index (κ1) is 12.7. The van der Waals surface area contributed by atoms with Crippen molar-refractivity contribution in [2.45, 2.75) is 25.3 Å². The van der Waals surface area contributed by atoms with Crippen LogP contribution in [0.25, 0.3) is 11.4 Å². The number of methoxy groups -OCH3 is 1. The predicted octanol–water partition coefficient (Wildman–Crippen LogP) is 1.70. The zero-order chi connectivity index (χ0) is 14.1. The molecule has 1 N–H and O–H groups in total. The van der Waals surface area contributed by atoms with Gasteiger partial charge in [0.25, 0.3) is 0 Å². The quantitative estimate of drug-likeness (QED) is 0.843. The van der Waals surface area contributed by atoms with Gasteiger partial charge in [0.05, 0.1) is 7.11 Å². The number of aromatic hydroxyl groups is 1. The van der Waals surface area contributed by atoms with E-state index in [4.69, 9.17) is 4.74 Å².